The number of nitrogens with one attached hydrogen (secondary N) is 2. The van der Waals surface area contributed by atoms with E-state index in [1.165, 1.54) is 6.92 Å². The fourth-order valence-corrected chi connectivity index (χ4v) is 3.06. The highest BCUT2D eigenvalue weighted by molar-refractivity contribution is 6.01. The number of benzene rings is 2. The normalized spacial score (nSPS) is 17.0. The van der Waals surface area contributed by atoms with Gasteiger partial charge in [0.1, 0.15) is 5.70 Å². The minimum Gasteiger partial charge on any atom is -0.380 e. The maximum absolute atomic E-state index is 12.9. The minimum atomic E-state index is -0.251. The van der Waals surface area contributed by atoms with Crippen LogP contribution in [0.4, 0.5) is 5.69 Å². The highest BCUT2D eigenvalue weighted by atomic mass is 16.2. The second-order valence-corrected chi connectivity index (χ2v) is 6.40. The summed E-state index contributed by atoms with van der Waals surface area (Å²) >= 11 is 0. The van der Waals surface area contributed by atoms with Crippen molar-refractivity contribution in [3.63, 3.8) is 0 Å². The van der Waals surface area contributed by atoms with E-state index in [9.17, 15) is 9.59 Å². The maximum atomic E-state index is 12.9. The number of likely N-dealkylation sites (tertiary alicyclic amines) is 1. The zero-order chi connectivity index (χ0) is 18.4. The standard InChI is InChI=1S/C21H23N3O2/c1-16(25)22-20(14-17-8-4-2-5-9-17)21(26)24-13-12-19(15-24)23-18-10-6-3-7-11-18/h2-11,14,19,23H,12-13,15H2,1H3,(H,22,25)/b20-14-/t19-/m0/s1. The van der Waals surface area contributed by atoms with Gasteiger partial charge in [-0.1, -0.05) is 48.5 Å². The van der Waals surface area contributed by atoms with Crippen molar-refractivity contribution in [3.05, 3.63) is 71.9 Å². The molecule has 1 atom stereocenters. The van der Waals surface area contributed by atoms with Gasteiger partial charge in [-0.05, 0) is 30.2 Å². The molecule has 3 rings (SSSR count). The molecular weight excluding hydrogens is 326 g/mol. The van der Waals surface area contributed by atoms with Crippen LogP contribution in [0.3, 0.4) is 0 Å². The SMILES string of the molecule is CC(=O)N/C(=C\c1ccccc1)C(=O)N1CC[C@H](Nc2ccccc2)C1. The van der Waals surface area contributed by atoms with Gasteiger partial charge in [0.2, 0.25) is 5.91 Å². The van der Waals surface area contributed by atoms with Crippen molar-refractivity contribution in [1.29, 1.82) is 0 Å². The van der Waals surface area contributed by atoms with Crippen LogP contribution >= 0.6 is 0 Å². The van der Waals surface area contributed by atoms with Crippen molar-refractivity contribution < 1.29 is 9.59 Å². The van der Waals surface area contributed by atoms with Gasteiger partial charge in [-0.2, -0.15) is 0 Å². The van der Waals surface area contributed by atoms with Crippen molar-refractivity contribution in [1.82, 2.24) is 10.2 Å². The monoisotopic (exact) mass is 349 g/mol. The van der Waals surface area contributed by atoms with Gasteiger partial charge in [0, 0.05) is 31.7 Å². The molecule has 0 bridgehead atoms. The van der Waals surface area contributed by atoms with Crippen molar-refractivity contribution in [3.8, 4) is 0 Å². The molecule has 5 heteroatoms. The Balaban J connectivity index is 1.69. The summed E-state index contributed by atoms with van der Waals surface area (Å²) in [6.07, 6.45) is 2.60. The fraction of sp³-hybridized carbons (Fsp3) is 0.238. The van der Waals surface area contributed by atoms with Gasteiger partial charge in [0.25, 0.3) is 5.91 Å². The minimum absolute atomic E-state index is 0.151. The van der Waals surface area contributed by atoms with Gasteiger partial charge >= 0.3 is 0 Å². The molecular formula is C21H23N3O2. The molecule has 0 aromatic heterocycles. The van der Waals surface area contributed by atoms with E-state index in [4.69, 9.17) is 0 Å². The van der Waals surface area contributed by atoms with Gasteiger partial charge in [-0.3, -0.25) is 9.59 Å². The molecule has 0 aliphatic carbocycles. The fourth-order valence-electron chi connectivity index (χ4n) is 3.06. The molecule has 0 saturated carbocycles. The summed E-state index contributed by atoms with van der Waals surface area (Å²) in [4.78, 5) is 26.2. The summed E-state index contributed by atoms with van der Waals surface area (Å²) in [6, 6.07) is 19.7. The molecule has 0 radical (unpaired) electrons. The molecule has 134 valence electrons. The van der Waals surface area contributed by atoms with Gasteiger partial charge in [0.15, 0.2) is 0 Å². The summed E-state index contributed by atoms with van der Waals surface area (Å²) < 4.78 is 0. The van der Waals surface area contributed by atoms with E-state index in [0.29, 0.717) is 18.8 Å². The number of carbonyl (C=O) groups excluding carboxylic acids is 2. The summed E-state index contributed by atoms with van der Waals surface area (Å²) in [6.45, 7) is 2.68. The quantitative estimate of drug-likeness (QED) is 0.816. The molecule has 0 unspecified atom stereocenters. The largest absolute Gasteiger partial charge is 0.380 e. The lowest BCUT2D eigenvalue weighted by molar-refractivity contribution is -0.128. The Morgan fingerprint density at radius 1 is 1.04 bits per heavy atom. The van der Waals surface area contributed by atoms with E-state index in [-0.39, 0.29) is 17.9 Å². The van der Waals surface area contributed by atoms with Crippen molar-refractivity contribution in [2.75, 3.05) is 18.4 Å². The molecule has 26 heavy (non-hydrogen) atoms. The Bertz CT molecular complexity index is 787. The highest BCUT2D eigenvalue weighted by Gasteiger charge is 2.28. The van der Waals surface area contributed by atoms with E-state index in [1.54, 1.807) is 11.0 Å². The lowest BCUT2D eigenvalue weighted by atomic mass is 10.2. The summed E-state index contributed by atoms with van der Waals surface area (Å²) in [5, 5.41) is 6.13. The van der Waals surface area contributed by atoms with Gasteiger partial charge in [0.05, 0.1) is 0 Å². The third-order valence-corrected chi connectivity index (χ3v) is 4.27. The van der Waals surface area contributed by atoms with Crippen LogP contribution in [0.2, 0.25) is 0 Å². The van der Waals surface area contributed by atoms with Crippen LogP contribution in [0.25, 0.3) is 6.08 Å². The van der Waals surface area contributed by atoms with Crippen molar-refractivity contribution >= 4 is 23.6 Å². The van der Waals surface area contributed by atoms with Crippen LogP contribution in [-0.2, 0) is 9.59 Å². The average molecular weight is 349 g/mol. The first kappa shape index (κ1) is 17.7. The van der Waals surface area contributed by atoms with E-state index < -0.39 is 0 Å². The Morgan fingerprint density at radius 3 is 2.35 bits per heavy atom. The second-order valence-electron chi connectivity index (χ2n) is 6.40. The second kappa shape index (κ2) is 8.34. The number of para-hydroxylation sites is 1. The van der Waals surface area contributed by atoms with E-state index in [0.717, 1.165) is 17.7 Å². The Hall–Kier alpha value is -3.08. The number of hydrogen-bond donors (Lipinski definition) is 2. The number of anilines is 1. The maximum Gasteiger partial charge on any atom is 0.270 e. The third-order valence-electron chi connectivity index (χ3n) is 4.27. The first-order chi connectivity index (χ1) is 12.6. The number of nitrogens with zero attached hydrogens (tertiary/aromatic N) is 1. The van der Waals surface area contributed by atoms with Crippen LogP contribution in [-0.4, -0.2) is 35.8 Å². The van der Waals surface area contributed by atoms with Crippen LogP contribution in [0, 0.1) is 0 Å². The van der Waals surface area contributed by atoms with Crippen molar-refractivity contribution in [2.24, 2.45) is 0 Å². The zero-order valence-corrected chi connectivity index (χ0v) is 14.8. The van der Waals surface area contributed by atoms with Crippen LogP contribution in [0.5, 0.6) is 0 Å². The number of amides is 2. The molecule has 2 amide bonds. The Kier molecular flexibility index (Phi) is 5.69. The van der Waals surface area contributed by atoms with Crippen LogP contribution in [0.15, 0.2) is 66.4 Å². The number of carbonyl (C=O) groups is 2. The molecule has 1 aliphatic heterocycles. The molecule has 2 aromatic carbocycles. The molecule has 1 aliphatic rings. The predicted molar refractivity (Wildman–Crippen MR) is 103 cm³/mol. The molecule has 1 heterocycles. The third kappa shape index (κ3) is 4.72. The van der Waals surface area contributed by atoms with E-state index >= 15 is 0 Å². The topological polar surface area (TPSA) is 61.4 Å². The summed E-state index contributed by atoms with van der Waals surface area (Å²) in [7, 11) is 0. The van der Waals surface area contributed by atoms with Gasteiger partial charge in [-0.25, -0.2) is 0 Å². The highest BCUT2D eigenvalue weighted by Crippen LogP contribution is 2.18. The van der Waals surface area contributed by atoms with Crippen molar-refractivity contribution in [2.45, 2.75) is 19.4 Å². The lowest BCUT2D eigenvalue weighted by Gasteiger charge is -2.19. The Morgan fingerprint density at radius 2 is 1.69 bits per heavy atom. The smallest absolute Gasteiger partial charge is 0.270 e. The summed E-state index contributed by atoms with van der Waals surface area (Å²) in [5.74, 6) is -0.403. The first-order valence-electron chi connectivity index (χ1n) is 8.77. The van der Waals surface area contributed by atoms with Crippen LogP contribution < -0.4 is 10.6 Å². The Labute approximate surface area is 153 Å². The first-order valence-corrected chi connectivity index (χ1v) is 8.77. The summed E-state index contributed by atoms with van der Waals surface area (Å²) in [5.41, 5.74) is 2.24. The average Bonchev–Trinajstić information content (AvgIpc) is 3.10. The molecule has 2 N–H and O–H groups in total. The predicted octanol–water partition coefficient (Wildman–Crippen LogP) is 2.88. The van der Waals surface area contributed by atoms with E-state index in [2.05, 4.69) is 10.6 Å². The molecule has 1 saturated heterocycles. The number of hydrogen-bond acceptors (Lipinski definition) is 3. The van der Waals surface area contributed by atoms with Gasteiger partial charge in [-0.15, -0.1) is 0 Å². The van der Waals surface area contributed by atoms with Crippen LogP contribution in [0.1, 0.15) is 18.9 Å². The van der Waals surface area contributed by atoms with Gasteiger partial charge < -0.3 is 15.5 Å². The molecule has 5 nitrogen and oxygen atoms in total. The van der Waals surface area contributed by atoms with E-state index in [1.807, 2.05) is 60.7 Å². The molecule has 1 fully saturated rings. The lowest BCUT2D eigenvalue weighted by Crippen LogP contribution is -2.37. The molecule has 2 aromatic rings. The molecule has 0 spiro atoms. The zero-order valence-electron chi connectivity index (χ0n) is 14.8. The number of rotatable bonds is 5.